The second-order valence-electron chi connectivity index (χ2n) is 4.71. The number of phenols is 1. The van der Waals surface area contributed by atoms with Crippen LogP contribution in [0.4, 0.5) is 5.69 Å². The standard InChI is InChI=1S/C17H16BrNO3/c1-3-22-17(21)12-4-6-14(7-5-12)19-10-13-8-11(2)9-15(18)16(13)20/h4-10,20H,3H2,1-2H3/b19-10+. The van der Waals surface area contributed by atoms with Crippen molar-refractivity contribution in [1.82, 2.24) is 0 Å². The first-order valence-corrected chi connectivity index (χ1v) is 7.61. The van der Waals surface area contributed by atoms with Crippen molar-refractivity contribution in [2.24, 2.45) is 4.99 Å². The van der Waals surface area contributed by atoms with E-state index in [9.17, 15) is 9.90 Å². The van der Waals surface area contributed by atoms with Gasteiger partial charge in [-0.05, 0) is 71.7 Å². The van der Waals surface area contributed by atoms with Crippen molar-refractivity contribution in [2.75, 3.05) is 6.61 Å². The minimum Gasteiger partial charge on any atom is -0.506 e. The van der Waals surface area contributed by atoms with Gasteiger partial charge in [-0.25, -0.2) is 4.79 Å². The third-order valence-corrected chi connectivity index (χ3v) is 3.57. The molecule has 0 saturated carbocycles. The van der Waals surface area contributed by atoms with Crippen LogP contribution in [-0.2, 0) is 4.74 Å². The fourth-order valence-corrected chi connectivity index (χ4v) is 2.49. The van der Waals surface area contributed by atoms with Crippen molar-refractivity contribution in [3.8, 4) is 5.75 Å². The van der Waals surface area contributed by atoms with E-state index >= 15 is 0 Å². The fraction of sp³-hybridized carbons (Fsp3) is 0.176. The van der Waals surface area contributed by atoms with Crippen molar-refractivity contribution in [1.29, 1.82) is 0 Å². The number of aryl methyl sites for hydroxylation is 1. The molecule has 0 aliphatic rings. The van der Waals surface area contributed by atoms with Gasteiger partial charge < -0.3 is 9.84 Å². The average Bonchev–Trinajstić information content (AvgIpc) is 2.50. The Balaban J connectivity index is 2.19. The number of halogens is 1. The predicted molar refractivity (Wildman–Crippen MR) is 90.2 cm³/mol. The van der Waals surface area contributed by atoms with E-state index in [1.165, 1.54) is 0 Å². The minimum atomic E-state index is -0.349. The van der Waals surface area contributed by atoms with Gasteiger partial charge in [0.1, 0.15) is 5.75 Å². The van der Waals surface area contributed by atoms with Crippen LogP contribution in [0.1, 0.15) is 28.4 Å². The molecule has 2 rings (SSSR count). The Morgan fingerprint density at radius 3 is 2.64 bits per heavy atom. The first-order valence-electron chi connectivity index (χ1n) is 6.81. The number of nitrogens with zero attached hydrogens (tertiary/aromatic N) is 1. The third kappa shape index (κ3) is 3.95. The third-order valence-electron chi connectivity index (χ3n) is 2.97. The highest BCUT2D eigenvalue weighted by Crippen LogP contribution is 2.28. The zero-order chi connectivity index (χ0) is 16.1. The summed E-state index contributed by atoms with van der Waals surface area (Å²) in [6, 6.07) is 10.5. The first kappa shape index (κ1) is 16.2. The van der Waals surface area contributed by atoms with Gasteiger partial charge in [-0.2, -0.15) is 0 Å². The number of hydrogen-bond acceptors (Lipinski definition) is 4. The molecule has 0 unspecified atom stereocenters. The van der Waals surface area contributed by atoms with E-state index in [0.29, 0.717) is 27.9 Å². The van der Waals surface area contributed by atoms with Gasteiger partial charge in [-0.3, -0.25) is 4.99 Å². The van der Waals surface area contributed by atoms with E-state index in [2.05, 4.69) is 20.9 Å². The molecule has 22 heavy (non-hydrogen) atoms. The molecule has 1 N–H and O–H groups in total. The van der Waals surface area contributed by atoms with Crippen LogP contribution in [0.5, 0.6) is 5.75 Å². The van der Waals surface area contributed by atoms with E-state index in [1.54, 1.807) is 37.4 Å². The second kappa shape index (κ2) is 7.22. The first-order chi connectivity index (χ1) is 10.5. The maximum absolute atomic E-state index is 11.6. The zero-order valence-corrected chi connectivity index (χ0v) is 13.9. The highest BCUT2D eigenvalue weighted by Gasteiger charge is 2.06. The smallest absolute Gasteiger partial charge is 0.338 e. The summed E-state index contributed by atoms with van der Waals surface area (Å²) in [7, 11) is 0. The Hall–Kier alpha value is -2.14. The van der Waals surface area contributed by atoms with Gasteiger partial charge in [0.05, 0.1) is 22.3 Å². The van der Waals surface area contributed by atoms with Gasteiger partial charge in [0.15, 0.2) is 0 Å². The molecule has 0 aliphatic carbocycles. The van der Waals surface area contributed by atoms with Crippen molar-refractivity contribution in [3.05, 3.63) is 57.6 Å². The van der Waals surface area contributed by atoms with Crippen molar-refractivity contribution >= 4 is 33.8 Å². The summed E-state index contributed by atoms with van der Waals surface area (Å²) in [5.74, 6) is -0.198. The van der Waals surface area contributed by atoms with Crippen molar-refractivity contribution in [3.63, 3.8) is 0 Å². The predicted octanol–water partition coefficient (Wildman–Crippen LogP) is 4.39. The molecule has 0 saturated heterocycles. The Labute approximate surface area is 137 Å². The molecule has 0 bridgehead atoms. The highest BCUT2D eigenvalue weighted by atomic mass is 79.9. The molecule has 0 aliphatic heterocycles. The molecule has 114 valence electrons. The number of aliphatic imine (C=N–C) groups is 1. The Kier molecular flexibility index (Phi) is 5.33. The lowest BCUT2D eigenvalue weighted by molar-refractivity contribution is 0.0526. The van der Waals surface area contributed by atoms with Crippen LogP contribution in [-0.4, -0.2) is 23.9 Å². The lowest BCUT2D eigenvalue weighted by Crippen LogP contribution is -2.03. The monoisotopic (exact) mass is 361 g/mol. The van der Waals surface area contributed by atoms with Crippen molar-refractivity contribution in [2.45, 2.75) is 13.8 Å². The maximum Gasteiger partial charge on any atom is 0.338 e. The summed E-state index contributed by atoms with van der Waals surface area (Å²) in [5.41, 5.74) is 2.82. The molecule has 0 aromatic heterocycles. The number of benzene rings is 2. The van der Waals surface area contributed by atoms with Gasteiger partial charge in [0.25, 0.3) is 0 Å². The van der Waals surface area contributed by atoms with Crippen LogP contribution in [0.2, 0.25) is 0 Å². The molecule has 0 spiro atoms. The molecule has 0 atom stereocenters. The Bertz CT molecular complexity index is 709. The fourth-order valence-electron chi connectivity index (χ4n) is 1.90. The quantitative estimate of drug-likeness (QED) is 0.648. The number of carbonyl (C=O) groups excluding carboxylic acids is 1. The SMILES string of the molecule is CCOC(=O)c1ccc(/N=C/c2cc(C)cc(Br)c2O)cc1. The minimum absolute atomic E-state index is 0.150. The molecular formula is C17H16BrNO3. The molecular weight excluding hydrogens is 346 g/mol. The van der Waals surface area contributed by atoms with Crippen LogP contribution < -0.4 is 0 Å². The second-order valence-corrected chi connectivity index (χ2v) is 5.56. The number of esters is 1. The number of aromatic hydroxyl groups is 1. The van der Waals surface area contributed by atoms with E-state index < -0.39 is 0 Å². The van der Waals surface area contributed by atoms with Crippen LogP contribution in [0, 0.1) is 6.92 Å². The lowest BCUT2D eigenvalue weighted by Gasteiger charge is -2.04. The van der Waals surface area contributed by atoms with Gasteiger partial charge >= 0.3 is 5.97 Å². The Morgan fingerprint density at radius 2 is 2.00 bits per heavy atom. The van der Waals surface area contributed by atoms with Crippen LogP contribution in [0.25, 0.3) is 0 Å². The maximum atomic E-state index is 11.6. The molecule has 0 radical (unpaired) electrons. The molecule has 0 amide bonds. The summed E-state index contributed by atoms with van der Waals surface area (Å²) < 4.78 is 5.55. The number of hydrogen-bond donors (Lipinski definition) is 1. The molecule has 4 nitrogen and oxygen atoms in total. The van der Waals surface area contributed by atoms with E-state index in [4.69, 9.17) is 4.74 Å². The van der Waals surface area contributed by atoms with E-state index in [-0.39, 0.29) is 11.7 Å². The van der Waals surface area contributed by atoms with Crippen molar-refractivity contribution < 1.29 is 14.6 Å². The van der Waals surface area contributed by atoms with Crippen LogP contribution in [0.15, 0.2) is 45.9 Å². The average molecular weight is 362 g/mol. The van der Waals surface area contributed by atoms with Gasteiger partial charge in [0.2, 0.25) is 0 Å². The van der Waals surface area contributed by atoms with Crippen LogP contribution in [0.3, 0.4) is 0 Å². The summed E-state index contributed by atoms with van der Waals surface area (Å²) in [4.78, 5) is 15.9. The summed E-state index contributed by atoms with van der Waals surface area (Å²) in [5, 5.41) is 9.98. The van der Waals surface area contributed by atoms with Gasteiger partial charge in [0, 0.05) is 11.8 Å². The van der Waals surface area contributed by atoms with E-state index in [0.717, 1.165) is 5.56 Å². The van der Waals surface area contributed by atoms with E-state index in [1.807, 2.05) is 19.1 Å². The molecule has 2 aromatic carbocycles. The zero-order valence-electron chi connectivity index (χ0n) is 12.3. The number of rotatable bonds is 4. The molecule has 0 heterocycles. The van der Waals surface area contributed by atoms with Gasteiger partial charge in [-0.15, -0.1) is 0 Å². The van der Waals surface area contributed by atoms with Gasteiger partial charge in [-0.1, -0.05) is 0 Å². The number of phenolic OH excluding ortho intramolecular Hbond substituents is 1. The summed E-state index contributed by atoms with van der Waals surface area (Å²) in [6.45, 7) is 4.05. The topological polar surface area (TPSA) is 58.9 Å². The normalized spacial score (nSPS) is 10.9. The molecule has 0 fully saturated rings. The largest absolute Gasteiger partial charge is 0.506 e. The molecule has 5 heteroatoms. The number of ether oxygens (including phenoxy) is 1. The number of carbonyl (C=O) groups is 1. The summed E-state index contributed by atoms with van der Waals surface area (Å²) in [6.07, 6.45) is 1.59. The lowest BCUT2D eigenvalue weighted by atomic mass is 10.1. The summed E-state index contributed by atoms with van der Waals surface area (Å²) >= 11 is 3.30. The Morgan fingerprint density at radius 1 is 1.32 bits per heavy atom. The van der Waals surface area contributed by atoms with Crippen LogP contribution >= 0.6 is 15.9 Å². The molecule has 2 aromatic rings. The highest BCUT2D eigenvalue weighted by molar-refractivity contribution is 9.10.